The second kappa shape index (κ2) is 6.15. The number of hydrogen-bond acceptors (Lipinski definition) is 2. The Morgan fingerprint density at radius 2 is 2.00 bits per heavy atom. The average molecular weight is 353 g/mol. The molecule has 3 nitrogen and oxygen atoms in total. The Kier molecular flexibility index (Phi) is 5.44. The zero-order valence-electron chi connectivity index (χ0n) is 10.1. The van der Waals surface area contributed by atoms with E-state index in [0.29, 0.717) is 5.92 Å². The van der Waals surface area contributed by atoms with Gasteiger partial charge < -0.3 is 0 Å². The molecule has 0 aliphatic carbocycles. The molecule has 0 saturated carbocycles. The molecule has 16 heavy (non-hydrogen) atoms. The van der Waals surface area contributed by atoms with Crippen molar-refractivity contribution < 1.29 is 0 Å². The molecule has 0 aliphatic rings. The van der Waals surface area contributed by atoms with E-state index in [9.17, 15) is 0 Å². The standard InChI is InChI=1S/C11H19Br2N3/c1-9(2)4-11(7-12,8-13)5-10-6-16(3)15-14-10/h6,9H,4-5,7-8H2,1-3H3. The predicted octanol–water partition coefficient (Wildman–Crippen LogP) is 3.18. The summed E-state index contributed by atoms with van der Waals surface area (Å²) in [6.07, 6.45) is 4.15. The third-order valence-electron chi connectivity index (χ3n) is 2.61. The molecule has 0 N–H and O–H groups in total. The molecule has 0 amide bonds. The van der Waals surface area contributed by atoms with Crippen LogP contribution in [0, 0.1) is 11.3 Å². The lowest BCUT2D eigenvalue weighted by Gasteiger charge is -2.31. The van der Waals surface area contributed by atoms with E-state index in [0.717, 1.165) is 22.8 Å². The van der Waals surface area contributed by atoms with Gasteiger partial charge in [-0.1, -0.05) is 50.9 Å². The molecule has 0 atom stereocenters. The van der Waals surface area contributed by atoms with E-state index in [1.807, 2.05) is 13.2 Å². The number of nitrogens with zero attached hydrogens (tertiary/aromatic N) is 3. The summed E-state index contributed by atoms with van der Waals surface area (Å²) in [6, 6.07) is 0. The number of aromatic nitrogens is 3. The molecular weight excluding hydrogens is 334 g/mol. The van der Waals surface area contributed by atoms with Gasteiger partial charge in [-0.25, -0.2) is 0 Å². The first-order valence-electron chi connectivity index (χ1n) is 5.48. The highest BCUT2D eigenvalue weighted by molar-refractivity contribution is 9.09. The molecule has 0 fully saturated rings. The lowest BCUT2D eigenvalue weighted by Crippen LogP contribution is -2.29. The van der Waals surface area contributed by atoms with E-state index < -0.39 is 0 Å². The van der Waals surface area contributed by atoms with Gasteiger partial charge in [-0.15, -0.1) is 5.10 Å². The zero-order chi connectivity index (χ0) is 12.2. The maximum absolute atomic E-state index is 4.18. The molecule has 1 heterocycles. The van der Waals surface area contributed by atoms with Crippen molar-refractivity contribution in [3.63, 3.8) is 0 Å². The predicted molar refractivity (Wildman–Crippen MR) is 74.2 cm³/mol. The van der Waals surface area contributed by atoms with Crippen LogP contribution in [0.25, 0.3) is 0 Å². The lowest BCUT2D eigenvalue weighted by molar-refractivity contribution is 0.301. The van der Waals surface area contributed by atoms with Crippen molar-refractivity contribution in [3.8, 4) is 0 Å². The quantitative estimate of drug-likeness (QED) is 0.736. The molecule has 0 aliphatic heterocycles. The van der Waals surface area contributed by atoms with E-state index in [4.69, 9.17) is 0 Å². The Labute approximate surface area is 114 Å². The van der Waals surface area contributed by atoms with Crippen molar-refractivity contribution in [1.82, 2.24) is 15.0 Å². The normalized spacial score (nSPS) is 12.4. The molecule has 1 aromatic heterocycles. The second-order valence-corrected chi connectivity index (χ2v) is 6.05. The van der Waals surface area contributed by atoms with Gasteiger partial charge in [0.25, 0.3) is 0 Å². The molecule has 0 bridgehead atoms. The molecule has 1 aromatic rings. The van der Waals surface area contributed by atoms with Crippen LogP contribution in [0.3, 0.4) is 0 Å². The van der Waals surface area contributed by atoms with Crippen LogP contribution in [0.5, 0.6) is 0 Å². The molecule has 0 aromatic carbocycles. The van der Waals surface area contributed by atoms with Gasteiger partial charge in [-0.05, 0) is 17.8 Å². The molecule has 5 heteroatoms. The Morgan fingerprint density at radius 1 is 1.38 bits per heavy atom. The van der Waals surface area contributed by atoms with Gasteiger partial charge in [0.15, 0.2) is 0 Å². The van der Waals surface area contributed by atoms with Gasteiger partial charge in [0.05, 0.1) is 5.69 Å². The lowest BCUT2D eigenvalue weighted by atomic mass is 9.80. The summed E-state index contributed by atoms with van der Waals surface area (Å²) in [5, 5.41) is 10.1. The monoisotopic (exact) mass is 351 g/mol. The highest BCUT2D eigenvalue weighted by Gasteiger charge is 2.30. The van der Waals surface area contributed by atoms with Crippen molar-refractivity contribution in [1.29, 1.82) is 0 Å². The van der Waals surface area contributed by atoms with E-state index in [2.05, 4.69) is 56.0 Å². The topological polar surface area (TPSA) is 30.7 Å². The van der Waals surface area contributed by atoms with Crippen LogP contribution in [0.4, 0.5) is 0 Å². The number of halogens is 2. The molecule has 0 unspecified atom stereocenters. The van der Waals surface area contributed by atoms with Crippen molar-refractivity contribution in [2.45, 2.75) is 26.7 Å². The third kappa shape index (κ3) is 3.84. The minimum atomic E-state index is 0.240. The number of hydrogen-bond donors (Lipinski definition) is 0. The van der Waals surface area contributed by atoms with Crippen molar-refractivity contribution in [3.05, 3.63) is 11.9 Å². The molecule has 92 valence electrons. The molecule has 1 rings (SSSR count). The average Bonchev–Trinajstić information content (AvgIpc) is 2.62. The van der Waals surface area contributed by atoms with Crippen molar-refractivity contribution >= 4 is 31.9 Å². The summed E-state index contributed by atoms with van der Waals surface area (Å²) in [4.78, 5) is 0. The van der Waals surface area contributed by atoms with Crippen LogP contribution < -0.4 is 0 Å². The van der Waals surface area contributed by atoms with Gasteiger partial charge in [-0.3, -0.25) is 4.68 Å². The fourth-order valence-electron chi connectivity index (χ4n) is 2.04. The summed E-state index contributed by atoms with van der Waals surface area (Å²) in [7, 11) is 1.91. The van der Waals surface area contributed by atoms with Gasteiger partial charge in [0.1, 0.15) is 0 Å². The van der Waals surface area contributed by atoms with Crippen molar-refractivity contribution in [2.75, 3.05) is 10.7 Å². The first-order valence-corrected chi connectivity index (χ1v) is 7.73. The first-order chi connectivity index (χ1) is 7.51. The van der Waals surface area contributed by atoms with Crippen LogP contribution in [-0.4, -0.2) is 25.7 Å². The summed E-state index contributed by atoms with van der Waals surface area (Å²) in [6.45, 7) is 4.52. The van der Waals surface area contributed by atoms with Crippen LogP contribution in [0.15, 0.2) is 6.20 Å². The summed E-state index contributed by atoms with van der Waals surface area (Å²) in [5.41, 5.74) is 1.31. The largest absolute Gasteiger partial charge is 0.255 e. The van der Waals surface area contributed by atoms with E-state index >= 15 is 0 Å². The Morgan fingerprint density at radius 3 is 2.38 bits per heavy atom. The Bertz CT molecular complexity index is 319. The number of alkyl halides is 2. The van der Waals surface area contributed by atoms with E-state index in [-0.39, 0.29) is 5.41 Å². The van der Waals surface area contributed by atoms with Crippen LogP contribution in [0.2, 0.25) is 0 Å². The van der Waals surface area contributed by atoms with E-state index in [1.165, 1.54) is 6.42 Å². The number of rotatable bonds is 6. The van der Waals surface area contributed by atoms with Crippen LogP contribution >= 0.6 is 31.9 Å². The maximum atomic E-state index is 4.18. The fourth-order valence-corrected chi connectivity index (χ4v) is 3.82. The van der Waals surface area contributed by atoms with Gasteiger partial charge >= 0.3 is 0 Å². The third-order valence-corrected chi connectivity index (χ3v) is 4.99. The summed E-state index contributed by atoms with van der Waals surface area (Å²) < 4.78 is 1.76. The maximum Gasteiger partial charge on any atom is 0.0833 e. The number of aryl methyl sites for hydroxylation is 1. The Balaban J connectivity index is 2.77. The van der Waals surface area contributed by atoms with Gasteiger partial charge in [0.2, 0.25) is 0 Å². The summed E-state index contributed by atoms with van der Waals surface area (Å²) >= 11 is 7.28. The van der Waals surface area contributed by atoms with Crippen molar-refractivity contribution in [2.24, 2.45) is 18.4 Å². The highest BCUT2D eigenvalue weighted by atomic mass is 79.9. The van der Waals surface area contributed by atoms with Gasteiger partial charge in [0, 0.05) is 30.3 Å². The van der Waals surface area contributed by atoms with E-state index in [1.54, 1.807) is 4.68 Å². The smallest absolute Gasteiger partial charge is 0.0833 e. The molecule has 0 saturated heterocycles. The highest BCUT2D eigenvalue weighted by Crippen LogP contribution is 2.34. The Hall–Kier alpha value is 0.1000. The van der Waals surface area contributed by atoms with Gasteiger partial charge in [-0.2, -0.15) is 0 Å². The minimum Gasteiger partial charge on any atom is -0.255 e. The summed E-state index contributed by atoms with van der Waals surface area (Å²) in [5.74, 6) is 0.687. The minimum absolute atomic E-state index is 0.240. The van der Waals surface area contributed by atoms with Crippen LogP contribution in [-0.2, 0) is 13.5 Å². The second-order valence-electron chi connectivity index (χ2n) is 4.93. The first kappa shape index (κ1) is 14.2. The molecule has 0 radical (unpaired) electrons. The SMILES string of the molecule is CC(C)CC(CBr)(CBr)Cc1cn(C)nn1. The zero-order valence-corrected chi connectivity index (χ0v) is 13.3. The van der Waals surface area contributed by atoms with Crippen LogP contribution in [0.1, 0.15) is 26.0 Å². The molecule has 0 spiro atoms. The fraction of sp³-hybridized carbons (Fsp3) is 0.818. The molecular formula is C11H19Br2N3.